The predicted octanol–water partition coefficient (Wildman–Crippen LogP) is 2.03. The van der Waals surface area contributed by atoms with Gasteiger partial charge in [0.25, 0.3) is 0 Å². The fraction of sp³-hybridized carbons (Fsp3) is 0.667. The summed E-state index contributed by atoms with van der Waals surface area (Å²) in [6.07, 6.45) is 8.50. The quantitative estimate of drug-likeness (QED) is 0.791. The number of carbonyl (C=O) groups excluding carboxylic acids is 1. The van der Waals surface area contributed by atoms with Crippen LogP contribution in [0.5, 0.6) is 0 Å². The van der Waals surface area contributed by atoms with Crippen molar-refractivity contribution in [2.45, 2.75) is 51.0 Å². The van der Waals surface area contributed by atoms with Crippen molar-refractivity contribution in [3.05, 3.63) is 18.2 Å². The first-order valence-electron chi connectivity index (χ1n) is 7.61. The van der Waals surface area contributed by atoms with Gasteiger partial charge < -0.3 is 15.7 Å². The van der Waals surface area contributed by atoms with Crippen molar-refractivity contribution in [3.8, 4) is 0 Å². The summed E-state index contributed by atoms with van der Waals surface area (Å²) < 4.78 is 0. The topological polar surface area (TPSA) is 87.1 Å². The summed E-state index contributed by atoms with van der Waals surface area (Å²) in [5.74, 6) is 1.38. The van der Waals surface area contributed by atoms with Crippen LogP contribution in [0.25, 0.3) is 0 Å². The minimum absolute atomic E-state index is 0.00848. The van der Waals surface area contributed by atoms with Gasteiger partial charge in [0.1, 0.15) is 5.82 Å². The molecule has 0 aromatic carbocycles. The molecule has 0 aliphatic heterocycles. The molecule has 21 heavy (non-hydrogen) atoms. The minimum atomic E-state index is -0.260. The van der Waals surface area contributed by atoms with Gasteiger partial charge in [0.15, 0.2) is 0 Å². The lowest BCUT2D eigenvalue weighted by Crippen LogP contribution is -2.46. The summed E-state index contributed by atoms with van der Waals surface area (Å²) >= 11 is 0. The van der Waals surface area contributed by atoms with Crippen LogP contribution in [-0.2, 0) is 0 Å². The normalized spacial score (nSPS) is 28.4. The number of aliphatic hydroxyl groups excluding tert-OH is 1. The zero-order chi connectivity index (χ0) is 14.9. The third-order valence-corrected chi connectivity index (χ3v) is 4.62. The number of aliphatic hydroxyl groups is 1. The molecule has 2 unspecified atom stereocenters. The third kappa shape index (κ3) is 3.15. The SMILES string of the molecule is CC1(CO)CCCC1NC(=O)Nc1cnc(C2CC2)nc1. The van der Waals surface area contributed by atoms with E-state index >= 15 is 0 Å². The highest BCUT2D eigenvalue weighted by Gasteiger charge is 2.39. The van der Waals surface area contributed by atoms with E-state index in [0.717, 1.165) is 37.9 Å². The molecule has 2 atom stereocenters. The van der Waals surface area contributed by atoms with E-state index in [-0.39, 0.29) is 24.1 Å². The summed E-state index contributed by atoms with van der Waals surface area (Å²) in [6.45, 7) is 2.11. The van der Waals surface area contributed by atoms with Gasteiger partial charge in [-0.05, 0) is 25.7 Å². The minimum Gasteiger partial charge on any atom is -0.396 e. The van der Waals surface area contributed by atoms with Crippen molar-refractivity contribution in [3.63, 3.8) is 0 Å². The molecule has 3 N–H and O–H groups in total. The number of amides is 2. The first-order chi connectivity index (χ1) is 10.1. The van der Waals surface area contributed by atoms with E-state index in [2.05, 4.69) is 20.6 Å². The Hall–Kier alpha value is -1.69. The second kappa shape index (κ2) is 5.60. The van der Waals surface area contributed by atoms with E-state index in [4.69, 9.17) is 0 Å². The largest absolute Gasteiger partial charge is 0.396 e. The Labute approximate surface area is 124 Å². The Balaban J connectivity index is 1.56. The maximum absolute atomic E-state index is 12.0. The molecule has 6 heteroatoms. The second-order valence-electron chi connectivity index (χ2n) is 6.46. The standard InChI is InChI=1S/C15H22N4O2/c1-15(9-20)6-2-3-12(15)19-14(21)18-11-7-16-13(17-8-11)10-4-5-10/h7-8,10,12,20H,2-6,9H2,1H3,(H2,18,19,21). The Bertz CT molecular complexity index is 515. The van der Waals surface area contributed by atoms with E-state index in [1.54, 1.807) is 12.4 Å². The fourth-order valence-electron chi connectivity index (χ4n) is 2.95. The molecular formula is C15H22N4O2. The molecule has 6 nitrogen and oxygen atoms in total. The van der Waals surface area contributed by atoms with Crippen molar-refractivity contribution in [2.75, 3.05) is 11.9 Å². The van der Waals surface area contributed by atoms with Crippen LogP contribution in [0.4, 0.5) is 10.5 Å². The van der Waals surface area contributed by atoms with Gasteiger partial charge in [0, 0.05) is 17.4 Å². The number of hydrogen-bond donors (Lipinski definition) is 3. The van der Waals surface area contributed by atoms with Crippen LogP contribution in [0, 0.1) is 5.41 Å². The highest BCUT2D eigenvalue weighted by atomic mass is 16.3. The van der Waals surface area contributed by atoms with Crippen molar-refractivity contribution in [1.29, 1.82) is 0 Å². The van der Waals surface area contributed by atoms with E-state index < -0.39 is 0 Å². The first-order valence-corrected chi connectivity index (χ1v) is 7.61. The van der Waals surface area contributed by atoms with Gasteiger partial charge in [-0.2, -0.15) is 0 Å². The van der Waals surface area contributed by atoms with E-state index in [9.17, 15) is 9.90 Å². The predicted molar refractivity (Wildman–Crippen MR) is 79.0 cm³/mol. The fourth-order valence-corrected chi connectivity index (χ4v) is 2.95. The smallest absolute Gasteiger partial charge is 0.319 e. The van der Waals surface area contributed by atoms with Crippen molar-refractivity contribution in [2.24, 2.45) is 5.41 Å². The number of anilines is 1. The summed E-state index contributed by atoms with van der Waals surface area (Å²) in [4.78, 5) is 20.6. The zero-order valence-electron chi connectivity index (χ0n) is 12.3. The molecule has 2 fully saturated rings. The maximum atomic E-state index is 12.0. The molecule has 1 aromatic heterocycles. The lowest BCUT2D eigenvalue weighted by Gasteiger charge is -2.30. The Kier molecular flexibility index (Phi) is 3.80. The van der Waals surface area contributed by atoms with Crippen LogP contribution in [0.15, 0.2) is 12.4 Å². The molecule has 1 aromatic rings. The molecule has 2 amide bonds. The zero-order valence-corrected chi connectivity index (χ0v) is 12.3. The summed E-state index contributed by atoms with van der Waals surface area (Å²) in [5, 5.41) is 15.2. The number of hydrogen-bond acceptors (Lipinski definition) is 4. The van der Waals surface area contributed by atoms with E-state index in [1.165, 1.54) is 0 Å². The van der Waals surface area contributed by atoms with Gasteiger partial charge in [-0.15, -0.1) is 0 Å². The molecule has 2 aliphatic carbocycles. The maximum Gasteiger partial charge on any atom is 0.319 e. The number of carbonyl (C=O) groups is 1. The van der Waals surface area contributed by atoms with Crippen LogP contribution < -0.4 is 10.6 Å². The van der Waals surface area contributed by atoms with Gasteiger partial charge in [-0.25, -0.2) is 14.8 Å². The molecular weight excluding hydrogens is 268 g/mol. The Morgan fingerprint density at radius 1 is 1.38 bits per heavy atom. The molecule has 114 valence electrons. The molecule has 2 saturated carbocycles. The van der Waals surface area contributed by atoms with Gasteiger partial charge in [0.05, 0.1) is 24.7 Å². The van der Waals surface area contributed by atoms with Crippen LogP contribution in [-0.4, -0.2) is 33.8 Å². The number of urea groups is 1. The highest BCUT2D eigenvalue weighted by molar-refractivity contribution is 5.89. The van der Waals surface area contributed by atoms with Crippen molar-refractivity contribution < 1.29 is 9.90 Å². The summed E-state index contributed by atoms with van der Waals surface area (Å²) in [5.41, 5.74) is 0.379. The molecule has 0 radical (unpaired) electrons. The summed E-state index contributed by atoms with van der Waals surface area (Å²) in [7, 11) is 0. The van der Waals surface area contributed by atoms with Gasteiger partial charge in [0.2, 0.25) is 0 Å². The molecule has 0 bridgehead atoms. The van der Waals surface area contributed by atoms with Crippen molar-refractivity contribution >= 4 is 11.7 Å². The van der Waals surface area contributed by atoms with Gasteiger partial charge in [-0.1, -0.05) is 13.3 Å². The van der Waals surface area contributed by atoms with Crippen molar-refractivity contribution in [1.82, 2.24) is 15.3 Å². The average molecular weight is 290 g/mol. The average Bonchev–Trinajstić information content (AvgIpc) is 3.26. The number of nitrogens with zero attached hydrogens (tertiary/aromatic N) is 2. The van der Waals surface area contributed by atoms with Crippen LogP contribution in [0.2, 0.25) is 0 Å². The Morgan fingerprint density at radius 3 is 2.71 bits per heavy atom. The Morgan fingerprint density at radius 2 is 2.10 bits per heavy atom. The molecule has 3 rings (SSSR count). The van der Waals surface area contributed by atoms with Crippen LogP contribution >= 0.6 is 0 Å². The van der Waals surface area contributed by atoms with E-state index in [0.29, 0.717) is 11.6 Å². The van der Waals surface area contributed by atoms with Gasteiger partial charge >= 0.3 is 6.03 Å². The molecule has 0 saturated heterocycles. The lowest BCUT2D eigenvalue weighted by molar-refractivity contribution is 0.122. The first kappa shape index (κ1) is 14.3. The van der Waals surface area contributed by atoms with Crippen LogP contribution in [0.3, 0.4) is 0 Å². The highest BCUT2D eigenvalue weighted by Crippen LogP contribution is 2.38. The molecule has 2 aliphatic rings. The van der Waals surface area contributed by atoms with Gasteiger partial charge in [-0.3, -0.25) is 0 Å². The number of rotatable bonds is 4. The molecule has 0 spiro atoms. The second-order valence-corrected chi connectivity index (χ2v) is 6.46. The third-order valence-electron chi connectivity index (χ3n) is 4.62. The molecule has 1 heterocycles. The summed E-state index contributed by atoms with van der Waals surface area (Å²) in [6, 6.07) is -0.251. The monoisotopic (exact) mass is 290 g/mol. The van der Waals surface area contributed by atoms with E-state index in [1.807, 2.05) is 6.92 Å². The number of aromatic nitrogens is 2. The number of nitrogens with one attached hydrogen (secondary N) is 2. The lowest BCUT2D eigenvalue weighted by atomic mass is 9.86. The van der Waals surface area contributed by atoms with Crippen LogP contribution in [0.1, 0.15) is 50.8 Å².